The Labute approximate surface area is 151 Å². The lowest BCUT2D eigenvalue weighted by molar-refractivity contribution is -0.119. The zero-order valence-electron chi connectivity index (χ0n) is 14.5. The van der Waals surface area contributed by atoms with Crippen LogP contribution in [0.2, 0.25) is 0 Å². The largest absolute Gasteiger partial charge is 0.378 e. The normalized spacial score (nSPS) is 24.2. The summed E-state index contributed by atoms with van der Waals surface area (Å²) >= 11 is 1.44. The molecule has 2 atom stereocenters. The number of imidazole rings is 1. The molecule has 0 aliphatic carbocycles. The van der Waals surface area contributed by atoms with Crippen LogP contribution in [-0.2, 0) is 9.53 Å². The number of ether oxygens (including phenoxy) is 1. The number of aromatic nitrogens is 2. The fourth-order valence-corrected chi connectivity index (χ4v) is 4.36. The number of fused-ring (bicyclic) bond motifs is 1. The Morgan fingerprint density at radius 3 is 3.08 bits per heavy atom. The van der Waals surface area contributed by atoms with Crippen molar-refractivity contribution in [3.8, 4) is 0 Å². The number of aryl methyl sites for hydroxylation is 1. The number of H-pyrrole nitrogens is 1. The summed E-state index contributed by atoms with van der Waals surface area (Å²) in [6.07, 6.45) is 2.50. The van der Waals surface area contributed by atoms with E-state index in [4.69, 9.17) is 4.74 Å². The van der Waals surface area contributed by atoms with Crippen molar-refractivity contribution in [1.82, 2.24) is 20.2 Å². The number of hydrogen-bond donors (Lipinski definition) is 2. The van der Waals surface area contributed by atoms with E-state index in [9.17, 15) is 4.79 Å². The molecule has 3 heterocycles. The molecule has 7 heteroatoms. The number of amides is 1. The highest BCUT2D eigenvalue weighted by Gasteiger charge is 2.35. The molecule has 134 valence electrons. The smallest absolute Gasteiger partial charge is 0.230 e. The van der Waals surface area contributed by atoms with E-state index in [-0.39, 0.29) is 11.9 Å². The van der Waals surface area contributed by atoms with Gasteiger partial charge in [0.15, 0.2) is 5.16 Å². The van der Waals surface area contributed by atoms with Crippen molar-refractivity contribution in [2.75, 3.05) is 32.1 Å². The van der Waals surface area contributed by atoms with Crippen molar-refractivity contribution in [2.45, 2.75) is 37.0 Å². The number of hydrogen-bond acceptors (Lipinski definition) is 5. The average Bonchev–Trinajstić information content (AvgIpc) is 3.32. The Balaban J connectivity index is 1.32. The van der Waals surface area contributed by atoms with Gasteiger partial charge < -0.3 is 15.0 Å². The number of nitrogens with one attached hydrogen (secondary N) is 2. The van der Waals surface area contributed by atoms with Crippen LogP contribution < -0.4 is 5.32 Å². The molecule has 2 aliphatic rings. The maximum absolute atomic E-state index is 12.4. The Bertz CT molecular complexity index is 757. The Morgan fingerprint density at radius 1 is 1.40 bits per heavy atom. The number of aromatic amines is 1. The number of thioether (sulfide) groups is 1. The summed E-state index contributed by atoms with van der Waals surface area (Å²) in [4.78, 5) is 22.6. The van der Waals surface area contributed by atoms with E-state index < -0.39 is 0 Å². The molecule has 0 spiro atoms. The predicted molar refractivity (Wildman–Crippen MR) is 98.9 cm³/mol. The van der Waals surface area contributed by atoms with Crippen molar-refractivity contribution in [2.24, 2.45) is 0 Å². The first-order chi connectivity index (χ1) is 12.2. The zero-order valence-corrected chi connectivity index (χ0v) is 15.3. The van der Waals surface area contributed by atoms with Gasteiger partial charge in [-0.15, -0.1) is 0 Å². The molecule has 0 radical (unpaired) electrons. The van der Waals surface area contributed by atoms with Crippen LogP contribution in [-0.4, -0.2) is 64.9 Å². The molecule has 0 unspecified atom stereocenters. The third-order valence-electron chi connectivity index (χ3n) is 4.96. The lowest BCUT2D eigenvalue weighted by Gasteiger charge is -2.27. The Hall–Kier alpha value is -1.57. The van der Waals surface area contributed by atoms with E-state index in [1.54, 1.807) is 0 Å². The number of rotatable bonds is 5. The zero-order chi connectivity index (χ0) is 17.2. The molecular weight excluding hydrogens is 336 g/mol. The molecule has 0 bridgehead atoms. The maximum atomic E-state index is 12.4. The van der Waals surface area contributed by atoms with Gasteiger partial charge in [0, 0.05) is 0 Å². The van der Waals surface area contributed by atoms with Crippen LogP contribution in [0, 0.1) is 6.92 Å². The number of carbonyl (C=O) groups excluding carboxylic acids is 1. The van der Waals surface area contributed by atoms with Crippen LogP contribution >= 0.6 is 11.8 Å². The summed E-state index contributed by atoms with van der Waals surface area (Å²) in [5.41, 5.74) is 3.15. The summed E-state index contributed by atoms with van der Waals surface area (Å²) in [5, 5.41) is 3.94. The highest BCUT2D eigenvalue weighted by atomic mass is 32.2. The van der Waals surface area contributed by atoms with Crippen LogP contribution in [0.1, 0.15) is 18.4 Å². The minimum absolute atomic E-state index is 0.0429. The number of likely N-dealkylation sites (tertiary alicyclic amines) is 1. The van der Waals surface area contributed by atoms with Crippen LogP contribution in [0.15, 0.2) is 23.4 Å². The first-order valence-corrected chi connectivity index (χ1v) is 9.88. The van der Waals surface area contributed by atoms with E-state index in [2.05, 4.69) is 33.2 Å². The summed E-state index contributed by atoms with van der Waals surface area (Å²) in [5.74, 6) is 0.406. The number of carbonyl (C=O) groups is 1. The molecule has 2 fully saturated rings. The standard InChI is InChI=1S/C18H24N4O2S/c1-12-4-5-13-14(8-12)21-18(20-13)25-11-17(23)19-15-9-24-10-16(15)22-6-2-3-7-22/h4-5,8,15-16H,2-3,6-7,9-11H2,1H3,(H,19,23)(H,20,21)/t15-,16-/m1/s1. The van der Waals surface area contributed by atoms with Gasteiger partial charge in [0.1, 0.15) is 0 Å². The maximum Gasteiger partial charge on any atom is 0.230 e. The minimum atomic E-state index is 0.0429. The third-order valence-corrected chi connectivity index (χ3v) is 5.84. The summed E-state index contributed by atoms with van der Waals surface area (Å²) in [6.45, 7) is 5.63. The molecule has 6 nitrogen and oxygen atoms in total. The molecule has 1 aromatic heterocycles. The lowest BCUT2D eigenvalue weighted by atomic mass is 10.1. The van der Waals surface area contributed by atoms with Gasteiger partial charge >= 0.3 is 0 Å². The average molecular weight is 360 g/mol. The second-order valence-corrected chi connectivity index (χ2v) is 7.84. The number of nitrogens with zero attached hydrogens (tertiary/aromatic N) is 2. The second-order valence-electron chi connectivity index (χ2n) is 6.87. The first-order valence-electron chi connectivity index (χ1n) is 8.89. The predicted octanol–water partition coefficient (Wildman–Crippen LogP) is 1.94. The molecule has 2 N–H and O–H groups in total. The van der Waals surface area contributed by atoms with Gasteiger partial charge in [-0.3, -0.25) is 9.69 Å². The quantitative estimate of drug-likeness (QED) is 0.798. The Morgan fingerprint density at radius 2 is 2.24 bits per heavy atom. The fourth-order valence-electron chi connectivity index (χ4n) is 3.66. The van der Waals surface area contributed by atoms with Crippen molar-refractivity contribution >= 4 is 28.7 Å². The molecule has 1 aromatic carbocycles. The summed E-state index contributed by atoms with van der Waals surface area (Å²) in [7, 11) is 0. The van der Waals surface area contributed by atoms with E-state index >= 15 is 0 Å². The first kappa shape index (κ1) is 16.9. The monoisotopic (exact) mass is 360 g/mol. The van der Waals surface area contributed by atoms with E-state index in [1.807, 2.05) is 12.1 Å². The molecule has 2 aromatic rings. The van der Waals surface area contributed by atoms with Crippen molar-refractivity contribution in [3.05, 3.63) is 23.8 Å². The van der Waals surface area contributed by atoms with Crippen LogP contribution in [0.5, 0.6) is 0 Å². The van der Waals surface area contributed by atoms with E-state index in [0.29, 0.717) is 18.4 Å². The van der Waals surface area contributed by atoms with E-state index in [0.717, 1.165) is 35.9 Å². The third kappa shape index (κ3) is 3.83. The van der Waals surface area contributed by atoms with Gasteiger partial charge in [-0.2, -0.15) is 0 Å². The van der Waals surface area contributed by atoms with Crippen molar-refractivity contribution in [3.63, 3.8) is 0 Å². The molecule has 4 rings (SSSR count). The van der Waals surface area contributed by atoms with Crippen molar-refractivity contribution < 1.29 is 9.53 Å². The lowest BCUT2D eigenvalue weighted by Crippen LogP contribution is -2.50. The second kappa shape index (κ2) is 7.35. The highest BCUT2D eigenvalue weighted by molar-refractivity contribution is 7.99. The van der Waals surface area contributed by atoms with Gasteiger partial charge in [0.25, 0.3) is 0 Å². The van der Waals surface area contributed by atoms with Crippen LogP contribution in [0.25, 0.3) is 11.0 Å². The topological polar surface area (TPSA) is 70.2 Å². The SMILES string of the molecule is Cc1ccc2nc(SCC(=O)N[C@@H]3COC[C@H]3N3CCCC3)[nH]c2c1. The van der Waals surface area contributed by atoms with E-state index in [1.165, 1.54) is 30.2 Å². The highest BCUT2D eigenvalue weighted by Crippen LogP contribution is 2.21. The number of benzene rings is 1. The van der Waals surface area contributed by atoms with Crippen molar-refractivity contribution in [1.29, 1.82) is 0 Å². The Kier molecular flexibility index (Phi) is 4.96. The molecular formula is C18H24N4O2S. The van der Waals surface area contributed by atoms with Gasteiger partial charge in [-0.25, -0.2) is 4.98 Å². The molecule has 2 aliphatic heterocycles. The molecule has 0 saturated carbocycles. The van der Waals surface area contributed by atoms with Gasteiger partial charge in [0.05, 0.1) is 42.1 Å². The van der Waals surface area contributed by atoms with Crippen LogP contribution in [0.4, 0.5) is 0 Å². The van der Waals surface area contributed by atoms with Gasteiger partial charge in [-0.1, -0.05) is 17.8 Å². The minimum Gasteiger partial charge on any atom is -0.378 e. The summed E-state index contributed by atoms with van der Waals surface area (Å²) in [6, 6.07) is 6.54. The molecule has 2 saturated heterocycles. The van der Waals surface area contributed by atoms with Gasteiger partial charge in [0.2, 0.25) is 5.91 Å². The fraction of sp³-hybridized carbons (Fsp3) is 0.556. The van der Waals surface area contributed by atoms with Gasteiger partial charge in [-0.05, 0) is 50.6 Å². The molecule has 1 amide bonds. The van der Waals surface area contributed by atoms with Crippen LogP contribution in [0.3, 0.4) is 0 Å². The summed E-state index contributed by atoms with van der Waals surface area (Å²) < 4.78 is 5.62. The molecule has 25 heavy (non-hydrogen) atoms.